The third-order valence-corrected chi connectivity index (χ3v) is 3.31. The van der Waals surface area contributed by atoms with Gasteiger partial charge in [-0.2, -0.15) is 5.26 Å². The third-order valence-electron chi connectivity index (χ3n) is 3.31. The molecule has 0 saturated heterocycles. The van der Waals surface area contributed by atoms with E-state index in [1.165, 1.54) is 12.1 Å². The van der Waals surface area contributed by atoms with Gasteiger partial charge in [0.15, 0.2) is 0 Å². The smallest absolute Gasteiger partial charge is 0.136 e. The predicted molar refractivity (Wildman–Crippen MR) is 80.8 cm³/mol. The number of nitriles is 1. The molecular formula is C17H17FN2O. The molecule has 2 rings (SSSR count). The molecule has 0 atom stereocenters. The molecule has 0 saturated carbocycles. The van der Waals surface area contributed by atoms with E-state index < -0.39 is 0 Å². The molecule has 2 aromatic rings. The average molecular weight is 284 g/mol. The molecule has 0 fully saturated rings. The number of nitrogens with zero attached hydrogens (tertiary/aromatic N) is 2. The quantitative estimate of drug-likeness (QED) is 0.839. The Kier molecular flexibility index (Phi) is 4.78. The normalized spacial score (nSPS) is 10.0. The van der Waals surface area contributed by atoms with Crippen LogP contribution in [0.4, 0.5) is 10.1 Å². The summed E-state index contributed by atoms with van der Waals surface area (Å²) in [5, 5.41) is 8.99. The van der Waals surface area contributed by atoms with Crippen LogP contribution in [-0.2, 0) is 6.54 Å². The van der Waals surface area contributed by atoms with Crippen LogP contribution in [-0.4, -0.2) is 13.7 Å². The van der Waals surface area contributed by atoms with E-state index in [0.29, 0.717) is 17.9 Å². The van der Waals surface area contributed by atoms with E-state index in [2.05, 4.69) is 11.0 Å². The van der Waals surface area contributed by atoms with Gasteiger partial charge in [-0.25, -0.2) is 4.39 Å². The minimum absolute atomic E-state index is 0.247. The Morgan fingerprint density at radius 1 is 1.24 bits per heavy atom. The second-order valence-corrected chi connectivity index (χ2v) is 4.64. The summed E-state index contributed by atoms with van der Waals surface area (Å²) in [6.07, 6.45) is 0. The maximum absolute atomic E-state index is 13.3. The number of rotatable bonds is 5. The van der Waals surface area contributed by atoms with Crippen molar-refractivity contribution in [1.82, 2.24) is 0 Å². The molecule has 0 unspecified atom stereocenters. The summed E-state index contributed by atoms with van der Waals surface area (Å²) in [6, 6.07) is 14.1. The van der Waals surface area contributed by atoms with Crippen LogP contribution in [0.25, 0.3) is 0 Å². The van der Waals surface area contributed by atoms with Crippen LogP contribution in [0.2, 0.25) is 0 Å². The summed E-state index contributed by atoms with van der Waals surface area (Å²) < 4.78 is 18.6. The van der Waals surface area contributed by atoms with Crippen molar-refractivity contribution in [2.75, 3.05) is 18.6 Å². The molecule has 0 aliphatic carbocycles. The van der Waals surface area contributed by atoms with Crippen molar-refractivity contribution in [3.63, 3.8) is 0 Å². The van der Waals surface area contributed by atoms with Crippen LogP contribution in [0, 0.1) is 17.1 Å². The number of halogens is 1. The highest BCUT2D eigenvalue weighted by molar-refractivity contribution is 5.49. The van der Waals surface area contributed by atoms with E-state index >= 15 is 0 Å². The summed E-state index contributed by atoms with van der Waals surface area (Å²) in [5.41, 5.74) is 2.35. The summed E-state index contributed by atoms with van der Waals surface area (Å²) in [7, 11) is 1.55. The Hall–Kier alpha value is -2.54. The van der Waals surface area contributed by atoms with Crippen LogP contribution >= 0.6 is 0 Å². The van der Waals surface area contributed by atoms with Crippen LogP contribution in [0.3, 0.4) is 0 Å². The summed E-state index contributed by atoms with van der Waals surface area (Å²) in [4.78, 5) is 2.06. The van der Waals surface area contributed by atoms with E-state index in [1.807, 2.05) is 25.1 Å². The van der Waals surface area contributed by atoms with Crippen LogP contribution in [0.15, 0.2) is 42.5 Å². The average Bonchev–Trinajstić information content (AvgIpc) is 2.52. The fourth-order valence-corrected chi connectivity index (χ4v) is 2.21. The molecule has 0 N–H and O–H groups in total. The van der Waals surface area contributed by atoms with Gasteiger partial charge in [-0.3, -0.25) is 0 Å². The molecule has 4 heteroatoms. The molecule has 0 spiro atoms. The Morgan fingerprint density at radius 2 is 2.05 bits per heavy atom. The van der Waals surface area contributed by atoms with Crippen molar-refractivity contribution in [2.24, 2.45) is 0 Å². The van der Waals surface area contributed by atoms with Crippen molar-refractivity contribution < 1.29 is 9.13 Å². The lowest BCUT2D eigenvalue weighted by Crippen LogP contribution is -2.22. The lowest BCUT2D eigenvalue weighted by Gasteiger charge is -2.23. The van der Waals surface area contributed by atoms with Gasteiger partial charge in [0.2, 0.25) is 0 Å². The van der Waals surface area contributed by atoms with E-state index in [9.17, 15) is 4.39 Å². The largest absolute Gasteiger partial charge is 0.495 e. The van der Waals surface area contributed by atoms with Gasteiger partial charge < -0.3 is 9.64 Å². The zero-order chi connectivity index (χ0) is 15.2. The summed E-state index contributed by atoms with van der Waals surface area (Å²) in [5.74, 6) is 0.314. The molecule has 21 heavy (non-hydrogen) atoms. The Bertz CT molecular complexity index is 664. The minimum Gasteiger partial charge on any atom is -0.495 e. The molecule has 0 amide bonds. The summed E-state index contributed by atoms with van der Waals surface area (Å²) in [6.45, 7) is 3.40. The van der Waals surface area contributed by atoms with Gasteiger partial charge in [0.25, 0.3) is 0 Å². The zero-order valence-electron chi connectivity index (χ0n) is 12.1. The maximum Gasteiger partial charge on any atom is 0.136 e. The molecule has 0 heterocycles. The standard InChI is InChI=1S/C17H17FN2O/c1-3-20(16-6-4-5-15(18)10-16)12-13-7-8-14(11-19)17(9-13)21-2/h4-10H,3,12H2,1-2H3. The van der Waals surface area contributed by atoms with Crippen LogP contribution in [0.5, 0.6) is 5.75 Å². The maximum atomic E-state index is 13.3. The predicted octanol–water partition coefficient (Wildman–Crippen LogP) is 3.73. The number of methoxy groups -OCH3 is 1. The first kappa shape index (κ1) is 14.9. The molecule has 2 aromatic carbocycles. The molecule has 0 bridgehead atoms. The van der Waals surface area contributed by atoms with Crippen molar-refractivity contribution in [1.29, 1.82) is 5.26 Å². The van der Waals surface area contributed by atoms with Gasteiger partial charge in [-0.1, -0.05) is 12.1 Å². The Balaban J connectivity index is 2.25. The van der Waals surface area contributed by atoms with Gasteiger partial charge in [-0.15, -0.1) is 0 Å². The number of hydrogen-bond acceptors (Lipinski definition) is 3. The van der Waals surface area contributed by atoms with E-state index in [0.717, 1.165) is 17.8 Å². The first-order chi connectivity index (χ1) is 10.2. The molecule has 0 aliphatic heterocycles. The number of anilines is 1. The molecule has 0 aliphatic rings. The van der Waals surface area contributed by atoms with Crippen LogP contribution < -0.4 is 9.64 Å². The highest BCUT2D eigenvalue weighted by atomic mass is 19.1. The number of hydrogen-bond donors (Lipinski definition) is 0. The van der Waals surface area contributed by atoms with E-state index in [-0.39, 0.29) is 5.82 Å². The molecule has 108 valence electrons. The fourth-order valence-electron chi connectivity index (χ4n) is 2.21. The van der Waals surface area contributed by atoms with Crippen molar-refractivity contribution in [3.8, 4) is 11.8 Å². The lowest BCUT2D eigenvalue weighted by atomic mass is 10.1. The summed E-state index contributed by atoms with van der Waals surface area (Å²) >= 11 is 0. The van der Waals surface area contributed by atoms with Gasteiger partial charge in [0.05, 0.1) is 12.7 Å². The number of ether oxygens (including phenoxy) is 1. The molecule has 0 radical (unpaired) electrons. The van der Waals surface area contributed by atoms with E-state index in [4.69, 9.17) is 10.00 Å². The van der Waals surface area contributed by atoms with Crippen LogP contribution in [0.1, 0.15) is 18.1 Å². The lowest BCUT2D eigenvalue weighted by molar-refractivity contribution is 0.413. The second kappa shape index (κ2) is 6.76. The van der Waals surface area contributed by atoms with Gasteiger partial charge in [0, 0.05) is 18.8 Å². The highest BCUT2D eigenvalue weighted by Crippen LogP contribution is 2.23. The molecular weight excluding hydrogens is 267 g/mol. The first-order valence-corrected chi connectivity index (χ1v) is 6.75. The monoisotopic (exact) mass is 284 g/mol. The van der Waals surface area contributed by atoms with Gasteiger partial charge >= 0.3 is 0 Å². The fraction of sp³-hybridized carbons (Fsp3) is 0.235. The third kappa shape index (κ3) is 3.51. The highest BCUT2D eigenvalue weighted by Gasteiger charge is 2.09. The Labute approximate surface area is 124 Å². The van der Waals surface area contributed by atoms with E-state index in [1.54, 1.807) is 19.2 Å². The van der Waals surface area contributed by atoms with Crippen molar-refractivity contribution in [2.45, 2.75) is 13.5 Å². The van der Waals surface area contributed by atoms with Crippen molar-refractivity contribution in [3.05, 3.63) is 59.4 Å². The second-order valence-electron chi connectivity index (χ2n) is 4.64. The minimum atomic E-state index is -0.247. The first-order valence-electron chi connectivity index (χ1n) is 6.75. The van der Waals surface area contributed by atoms with Crippen molar-refractivity contribution >= 4 is 5.69 Å². The van der Waals surface area contributed by atoms with Gasteiger partial charge in [0.1, 0.15) is 17.6 Å². The number of benzene rings is 2. The molecule has 3 nitrogen and oxygen atoms in total. The SMILES string of the molecule is CCN(Cc1ccc(C#N)c(OC)c1)c1cccc(F)c1. The molecule has 0 aromatic heterocycles. The topological polar surface area (TPSA) is 36.3 Å². The zero-order valence-corrected chi connectivity index (χ0v) is 12.1. The Morgan fingerprint density at radius 3 is 2.67 bits per heavy atom. The van der Waals surface area contributed by atoms with Gasteiger partial charge in [-0.05, 0) is 42.8 Å².